The zero-order chi connectivity index (χ0) is 15.3. The number of nitrogens with zero attached hydrogens (tertiary/aromatic N) is 3. The Labute approximate surface area is 132 Å². The second-order valence-corrected chi connectivity index (χ2v) is 7.80. The molecule has 0 bridgehead atoms. The smallest absolute Gasteiger partial charge is 0.0982 e. The Morgan fingerprint density at radius 1 is 1.14 bits per heavy atom. The number of rotatable bonds is 6. The lowest BCUT2D eigenvalue weighted by atomic mass is 9.98. The Balaban J connectivity index is 1.74. The number of thiazole rings is 1. The van der Waals surface area contributed by atoms with E-state index >= 15 is 0 Å². The summed E-state index contributed by atoms with van der Waals surface area (Å²) in [5, 5.41) is 12.3. The van der Waals surface area contributed by atoms with Crippen molar-refractivity contribution in [2.24, 2.45) is 0 Å². The van der Waals surface area contributed by atoms with E-state index in [2.05, 4.69) is 36.0 Å². The number of unbranched alkanes of at least 4 members (excludes halogenated alkanes) is 1. The lowest BCUT2D eigenvalue weighted by molar-refractivity contribution is 0.123. The molecule has 0 atom stereocenters. The number of aliphatic hydroxyl groups is 1. The van der Waals surface area contributed by atoms with Gasteiger partial charge in [-0.15, -0.1) is 11.3 Å². The van der Waals surface area contributed by atoms with Gasteiger partial charge in [0.25, 0.3) is 0 Å². The minimum absolute atomic E-state index is 0.161. The first-order valence-corrected chi connectivity index (χ1v) is 8.87. The van der Waals surface area contributed by atoms with Crippen molar-refractivity contribution in [3.63, 3.8) is 0 Å². The molecule has 4 nitrogen and oxygen atoms in total. The van der Waals surface area contributed by atoms with Crippen LogP contribution in [-0.2, 0) is 12.0 Å². The van der Waals surface area contributed by atoms with Gasteiger partial charge in [-0.2, -0.15) is 0 Å². The first-order chi connectivity index (χ1) is 9.99. The van der Waals surface area contributed by atoms with E-state index in [-0.39, 0.29) is 5.41 Å². The highest BCUT2D eigenvalue weighted by molar-refractivity contribution is 7.09. The third-order valence-electron chi connectivity index (χ3n) is 3.93. The van der Waals surface area contributed by atoms with Gasteiger partial charge < -0.3 is 10.0 Å². The Hall–Kier alpha value is -0.490. The van der Waals surface area contributed by atoms with Crippen LogP contribution in [0.4, 0.5) is 0 Å². The minimum atomic E-state index is 0.161. The number of hydrogen-bond acceptors (Lipinski definition) is 5. The molecule has 120 valence electrons. The van der Waals surface area contributed by atoms with Crippen LogP contribution in [0.15, 0.2) is 5.38 Å². The number of aromatic nitrogens is 1. The normalized spacial score (nSPS) is 18.3. The number of aliphatic hydroxyl groups excluding tert-OH is 1. The van der Waals surface area contributed by atoms with Crippen molar-refractivity contribution in [3.05, 3.63) is 16.1 Å². The van der Waals surface area contributed by atoms with Crippen LogP contribution in [0, 0.1) is 0 Å². The molecule has 0 aromatic carbocycles. The average molecular weight is 311 g/mol. The SMILES string of the molecule is CC(C)(C)c1nc(CN2CCN(CCCCO)CC2)cs1. The minimum Gasteiger partial charge on any atom is -0.396 e. The molecule has 1 aromatic heterocycles. The molecule has 1 aliphatic rings. The summed E-state index contributed by atoms with van der Waals surface area (Å²) in [6, 6.07) is 0. The zero-order valence-corrected chi connectivity index (χ0v) is 14.5. The lowest BCUT2D eigenvalue weighted by Crippen LogP contribution is -2.46. The summed E-state index contributed by atoms with van der Waals surface area (Å²) in [4.78, 5) is 9.80. The third kappa shape index (κ3) is 5.33. The molecule has 0 saturated carbocycles. The first-order valence-electron chi connectivity index (χ1n) is 7.99. The topological polar surface area (TPSA) is 39.6 Å². The van der Waals surface area contributed by atoms with Crippen LogP contribution in [0.1, 0.15) is 44.3 Å². The maximum absolute atomic E-state index is 8.83. The molecule has 0 aliphatic carbocycles. The van der Waals surface area contributed by atoms with Gasteiger partial charge in [0.05, 0.1) is 10.7 Å². The van der Waals surface area contributed by atoms with Gasteiger partial charge in [-0.1, -0.05) is 20.8 Å². The van der Waals surface area contributed by atoms with Crippen molar-refractivity contribution < 1.29 is 5.11 Å². The Bertz CT molecular complexity index is 419. The Kier molecular flexibility index (Phi) is 6.17. The molecule has 0 amide bonds. The predicted molar refractivity (Wildman–Crippen MR) is 88.9 cm³/mol. The maximum Gasteiger partial charge on any atom is 0.0982 e. The highest BCUT2D eigenvalue weighted by Crippen LogP contribution is 2.26. The Morgan fingerprint density at radius 3 is 2.38 bits per heavy atom. The van der Waals surface area contributed by atoms with Gasteiger partial charge in [0.2, 0.25) is 0 Å². The monoisotopic (exact) mass is 311 g/mol. The molecule has 0 spiro atoms. The average Bonchev–Trinajstić information content (AvgIpc) is 2.90. The van der Waals surface area contributed by atoms with Gasteiger partial charge in [0, 0.05) is 50.1 Å². The van der Waals surface area contributed by atoms with Crippen molar-refractivity contribution >= 4 is 11.3 Å². The molecule has 0 radical (unpaired) electrons. The van der Waals surface area contributed by atoms with Crippen molar-refractivity contribution in [1.82, 2.24) is 14.8 Å². The van der Waals surface area contributed by atoms with Gasteiger partial charge in [0.15, 0.2) is 0 Å². The molecule has 21 heavy (non-hydrogen) atoms. The third-order valence-corrected chi connectivity index (χ3v) is 5.24. The highest BCUT2D eigenvalue weighted by Gasteiger charge is 2.20. The van der Waals surface area contributed by atoms with Gasteiger partial charge in [-0.05, 0) is 19.4 Å². The van der Waals surface area contributed by atoms with Crippen LogP contribution in [0.3, 0.4) is 0 Å². The molecule has 1 saturated heterocycles. The largest absolute Gasteiger partial charge is 0.396 e. The fraction of sp³-hybridized carbons (Fsp3) is 0.812. The van der Waals surface area contributed by atoms with Crippen LogP contribution >= 0.6 is 11.3 Å². The quantitative estimate of drug-likeness (QED) is 0.819. The van der Waals surface area contributed by atoms with E-state index in [1.807, 2.05) is 0 Å². The lowest BCUT2D eigenvalue weighted by Gasteiger charge is -2.34. The van der Waals surface area contributed by atoms with E-state index in [0.717, 1.165) is 52.1 Å². The van der Waals surface area contributed by atoms with Crippen molar-refractivity contribution in [2.75, 3.05) is 39.3 Å². The maximum atomic E-state index is 8.83. The molecule has 2 heterocycles. The summed E-state index contributed by atoms with van der Waals surface area (Å²) in [5.74, 6) is 0. The van der Waals surface area contributed by atoms with Crippen LogP contribution in [0.25, 0.3) is 0 Å². The summed E-state index contributed by atoms with van der Waals surface area (Å²) in [6.45, 7) is 13.6. The van der Waals surface area contributed by atoms with E-state index < -0.39 is 0 Å². The van der Waals surface area contributed by atoms with Crippen LogP contribution < -0.4 is 0 Å². The summed E-state index contributed by atoms with van der Waals surface area (Å²) >= 11 is 1.79. The molecular formula is C16H29N3OS. The second-order valence-electron chi connectivity index (χ2n) is 6.94. The van der Waals surface area contributed by atoms with Gasteiger partial charge in [-0.3, -0.25) is 4.90 Å². The molecule has 1 fully saturated rings. The van der Waals surface area contributed by atoms with Crippen molar-refractivity contribution in [1.29, 1.82) is 0 Å². The standard InChI is InChI=1S/C16H29N3OS/c1-16(2,3)15-17-14(13-21-15)12-19-9-7-18(8-10-19)6-4-5-11-20/h13,20H,4-12H2,1-3H3. The summed E-state index contributed by atoms with van der Waals surface area (Å²) in [6.07, 6.45) is 2.03. The summed E-state index contributed by atoms with van der Waals surface area (Å²) in [7, 11) is 0. The molecule has 1 N–H and O–H groups in total. The van der Waals surface area contributed by atoms with E-state index in [1.165, 1.54) is 10.7 Å². The van der Waals surface area contributed by atoms with Crippen LogP contribution in [0.2, 0.25) is 0 Å². The fourth-order valence-electron chi connectivity index (χ4n) is 2.57. The molecule has 2 rings (SSSR count). The Morgan fingerprint density at radius 2 is 1.81 bits per heavy atom. The fourth-order valence-corrected chi connectivity index (χ4v) is 3.47. The van der Waals surface area contributed by atoms with Gasteiger partial charge in [0.1, 0.15) is 0 Å². The van der Waals surface area contributed by atoms with Crippen LogP contribution in [0.5, 0.6) is 0 Å². The van der Waals surface area contributed by atoms with Crippen molar-refractivity contribution in [3.8, 4) is 0 Å². The molecular weight excluding hydrogens is 282 g/mol. The first kappa shape index (κ1) is 16.9. The molecule has 0 unspecified atom stereocenters. The summed E-state index contributed by atoms with van der Waals surface area (Å²) in [5.41, 5.74) is 1.38. The molecule has 1 aliphatic heterocycles. The van der Waals surface area contributed by atoms with Gasteiger partial charge >= 0.3 is 0 Å². The van der Waals surface area contributed by atoms with Gasteiger partial charge in [-0.25, -0.2) is 4.98 Å². The summed E-state index contributed by atoms with van der Waals surface area (Å²) < 4.78 is 0. The van der Waals surface area contributed by atoms with E-state index in [0.29, 0.717) is 6.61 Å². The molecule has 1 aromatic rings. The van der Waals surface area contributed by atoms with Crippen LogP contribution in [-0.4, -0.2) is 59.2 Å². The number of hydrogen-bond donors (Lipinski definition) is 1. The van der Waals surface area contributed by atoms with Crippen molar-refractivity contribution in [2.45, 2.75) is 45.6 Å². The second kappa shape index (κ2) is 7.68. The zero-order valence-electron chi connectivity index (χ0n) is 13.6. The van der Waals surface area contributed by atoms with E-state index in [4.69, 9.17) is 10.1 Å². The number of piperazine rings is 1. The van der Waals surface area contributed by atoms with E-state index in [9.17, 15) is 0 Å². The highest BCUT2D eigenvalue weighted by atomic mass is 32.1. The predicted octanol–water partition coefficient (Wildman–Crippen LogP) is 2.33. The molecule has 5 heteroatoms. The van der Waals surface area contributed by atoms with E-state index in [1.54, 1.807) is 11.3 Å².